The first kappa shape index (κ1) is 19.8. The third kappa shape index (κ3) is 4.35. The van der Waals surface area contributed by atoms with Crippen LogP contribution in [0.1, 0.15) is 25.3 Å². The Kier molecular flexibility index (Phi) is 5.82. The molecule has 0 bridgehead atoms. The third-order valence-corrected chi connectivity index (χ3v) is 7.75. The van der Waals surface area contributed by atoms with Crippen LogP contribution in [0.25, 0.3) is 0 Å². The minimum Gasteiger partial charge on any atom is -0.258 e. The molecule has 1 saturated heterocycles. The van der Waals surface area contributed by atoms with Gasteiger partial charge in [-0.3, -0.25) is 10.1 Å². The third-order valence-electron chi connectivity index (χ3n) is 4.25. The first-order chi connectivity index (χ1) is 11.6. The summed E-state index contributed by atoms with van der Waals surface area (Å²) in [5.41, 5.74) is -0.145. The predicted molar refractivity (Wildman–Crippen MR) is 92.2 cm³/mol. The Morgan fingerprint density at radius 2 is 1.84 bits per heavy atom. The lowest BCUT2D eigenvalue weighted by Gasteiger charge is -2.31. The highest BCUT2D eigenvalue weighted by atomic mass is 32.2. The Morgan fingerprint density at radius 1 is 1.24 bits per heavy atom. The van der Waals surface area contributed by atoms with Crippen LogP contribution >= 0.6 is 0 Å². The van der Waals surface area contributed by atoms with Crippen molar-refractivity contribution in [3.8, 4) is 0 Å². The molecule has 1 aromatic carbocycles. The van der Waals surface area contributed by atoms with Gasteiger partial charge in [-0.15, -0.1) is 0 Å². The van der Waals surface area contributed by atoms with Crippen molar-refractivity contribution < 1.29 is 21.8 Å². The van der Waals surface area contributed by atoms with Crippen LogP contribution in [-0.2, 0) is 20.0 Å². The summed E-state index contributed by atoms with van der Waals surface area (Å²) in [5, 5.41) is 11.0. The number of nitrogens with one attached hydrogen (secondary N) is 1. The fraction of sp³-hybridized carbons (Fsp3) is 0.571. The predicted octanol–water partition coefficient (Wildman–Crippen LogP) is 0.996. The number of piperidine rings is 1. The molecule has 9 nitrogen and oxygen atoms in total. The van der Waals surface area contributed by atoms with E-state index in [0.717, 1.165) is 0 Å². The Hall–Kier alpha value is -1.56. The fourth-order valence-corrected chi connectivity index (χ4v) is 5.39. The maximum Gasteiger partial charge on any atom is 0.273 e. The molecule has 1 aliphatic heterocycles. The largest absolute Gasteiger partial charge is 0.273 e. The first-order valence-corrected chi connectivity index (χ1v) is 10.9. The Morgan fingerprint density at radius 3 is 2.36 bits per heavy atom. The molecule has 11 heteroatoms. The number of nitrogens with zero attached hydrogens (tertiary/aromatic N) is 2. The van der Waals surface area contributed by atoms with E-state index in [4.69, 9.17) is 0 Å². The van der Waals surface area contributed by atoms with Gasteiger partial charge in [0.1, 0.15) is 0 Å². The van der Waals surface area contributed by atoms with E-state index < -0.39 is 25.0 Å². The molecule has 2 rings (SSSR count). The normalized spacial score (nSPS) is 17.5. The molecule has 0 aromatic heterocycles. The number of hydrogen-bond donors (Lipinski definition) is 1. The molecule has 0 amide bonds. The average molecular weight is 391 g/mol. The van der Waals surface area contributed by atoms with Gasteiger partial charge < -0.3 is 0 Å². The smallest absolute Gasteiger partial charge is 0.258 e. The zero-order valence-corrected chi connectivity index (χ0v) is 15.6. The summed E-state index contributed by atoms with van der Waals surface area (Å²) in [6, 6.07) is 3.66. The Bertz CT molecular complexity index is 859. The summed E-state index contributed by atoms with van der Waals surface area (Å²) in [4.78, 5) is 10.3. The quantitative estimate of drug-likeness (QED) is 0.569. The molecule has 1 N–H and O–H groups in total. The molecule has 0 saturated carbocycles. The van der Waals surface area contributed by atoms with Crippen LogP contribution in [0, 0.1) is 17.0 Å². The van der Waals surface area contributed by atoms with Crippen molar-refractivity contribution in [1.82, 2.24) is 9.03 Å². The highest BCUT2D eigenvalue weighted by Crippen LogP contribution is 2.28. The molecule has 0 spiro atoms. The van der Waals surface area contributed by atoms with E-state index in [-0.39, 0.29) is 41.0 Å². The SMILES string of the molecule is CCS(=O)(=O)NC1CCN(S(=O)(=O)c2cccc([N+](=O)[O-])c2C)CC1. The molecule has 0 atom stereocenters. The van der Waals surface area contributed by atoms with Crippen LogP contribution in [0.15, 0.2) is 23.1 Å². The van der Waals surface area contributed by atoms with Crippen LogP contribution in [0.2, 0.25) is 0 Å². The van der Waals surface area contributed by atoms with Gasteiger partial charge in [-0.1, -0.05) is 6.07 Å². The van der Waals surface area contributed by atoms with E-state index in [1.165, 1.54) is 36.4 Å². The monoisotopic (exact) mass is 391 g/mol. The lowest BCUT2D eigenvalue weighted by molar-refractivity contribution is -0.385. The van der Waals surface area contributed by atoms with Crippen LogP contribution in [0.4, 0.5) is 5.69 Å². The van der Waals surface area contributed by atoms with Gasteiger partial charge in [0.2, 0.25) is 20.0 Å². The summed E-state index contributed by atoms with van der Waals surface area (Å²) in [7, 11) is -7.21. The highest BCUT2D eigenvalue weighted by molar-refractivity contribution is 7.89. The summed E-state index contributed by atoms with van der Waals surface area (Å²) >= 11 is 0. The van der Waals surface area contributed by atoms with Crippen molar-refractivity contribution in [3.05, 3.63) is 33.9 Å². The zero-order valence-electron chi connectivity index (χ0n) is 14.0. The van der Waals surface area contributed by atoms with Gasteiger partial charge >= 0.3 is 0 Å². The fourth-order valence-electron chi connectivity index (χ4n) is 2.77. The maximum absolute atomic E-state index is 12.8. The number of sulfonamides is 2. The Labute approximate surface area is 147 Å². The topological polar surface area (TPSA) is 127 Å². The van der Waals surface area contributed by atoms with Crippen molar-refractivity contribution >= 4 is 25.7 Å². The highest BCUT2D eigenvalue weighted by Gasteiger charge is 2.33. The lowest BCUT2D eigenvalue weighted by atomic mass is 10.1. The van der Waals surface area contributed by atoms with E-state index in [1.807, 2.05) is 0 Å². The number of nitro benzene ring substituents is 1. The van der Waals surface area contributed by atoms with Crippen molar-refractivity contribution in [3.63, 3.8) is 0 Å². The molecule has 1 heterocycles. The number of hydrogen-bond acceptors (Lipinski definition) is 6. The second kappa shape index (κ2) is 7.36. The van der Waals surface area contributed by atoms with Gasteiger partial charge in [-0.05, 0) is 32.8 Å². The van der Waals surface area contributed by atoms with Crippen molar-refractivity contribution in [2.45, 2.75) is 37.6 Å². The van der Waals surface area contributed by atoms with E-state index in [2.05, 4.69) is 4.72 Å². The van der Waals surface area contributed by atoms with Gasteiger partial charge in [-0.2, -0.15) is 4.31 Å². The van der Waals surface area contributed by atoms with E-state index in [9.17, 15) is 26.9 Å². The molecule has 140 valence electrons. The van der Waals surface area contributed by atoms with Crippen LogP contribution in [0.3, 0.4) is 0 Å². The summed E-state index contributed by atoms with van der Waals surface area (Å²) in [6.45, 7) is 3.25. The van der Waals surface area contributed by atoms with E-state index in [1.54, 1.807) is 0 Å². The maximum atomic E-state index is 12.8. The molecular weight excluding hydrogens is 370 g/mol. The molecular formula is C14H21N3O6S2. The summed E-state index contributed by atoms with van der Waals surface area (Å²) in [5.74, 6) is -0.0294. The number of rotatable bonds is 6. The first-order valence-electron chi connectivity index (χ1n) is 7.82. The minimum atomic E-state index is -3.87. The minimum absolute atomic E-state index is 0.0294. The van der Waals surface area contributed by atoms with Gasteiger partial charge in [0, 0.05) is 30.8 Å². The molecule has 0 unspecified atom stereocenters. The zero-order chi connectivity index (χ0) is 18.8. The van der Waals surface area contributed by atoms with Gasteiger partial charge in [0.25, 0.3) is 5.69 Å². The van der Waals surface area contributed by atoms with Crippen molar-refractivity contribution in [2.24, 2.45) is 0 Å². The second-order valence-corrected chi connectivity index (χ2v) is 9.81. The molecule has 25 heavy (non-hydrogen) atoms. The summed E-state index contributed by atoms with van der Waals surface area (Å²) in [6.07, 6.45) is 0.707. The molecule has 1 aliphatic rings. The van der Waals surface area contributed by atoms with Gasteiger partial charge in [0.15, 0.2) is 0 Å². The Balaban J connectivity index is 2.18. The van der Waals surface area contributed by atoms with Crippen molar-refractivity contribution in [1.29, 1.82) is 0 Å². The van der Waals surface area contributed by atoms with Crippen LogP contribution in [0.5, 0.6) is 0 Å². The summed E-state index contributed by atoms with van der Waals surface area (Å²) < 4.78 is 52.6. The average Bonchev–Trinajstić information content (AvgIpc) is 2.54. The van der Waals surface area contributed by atoms with Gasteiger partial charge in [-0.25, -0.2) is 21.6 Å². The standard InChI is InChI=1S/C14H21N3O6S2/c1-3-24(20,21)15-12-7-9-16(10-8-12)25(22,23)14-6-4-5-13(11(14)2)17(18)19/h4-6,12,15H,3,7-10H2,1-2H3. The van der Waals surface area contributed by atoms with E-state index >= 15 is 0 Å². The van der Waals surface area contributed by atoms with Crippen LogP contribution < -0.4 is 4.72 Å². The van der Waals surface area contributed by atoms with Crippen LogP contribution in [-0.4, -0.2) is 50.9 Å². The van der Waals surface area contributed by atoms with Crippen molar-refractivity contribution in [2.75, 3.05) is 18.8 Å². The molecule has 1 aromatic rings. The van der Waals surface area contributed by atoms with E-state index in [0.29, 0.717) is 12.8 Å². The number of nitro groups is 1. The molecule has 0 aliphatic carbocycles. The molecule has 0 radical (unpaired) electrons. The van der Waals surface area contributed by atoms with Gasteiger partial charge in [0.05, 0.1) is 15.6 Å². The lowest BCUT2D eigenvalue weighted by Crippen LogP contribution is -2.46. The second-order valence-electron chi connectivity index (χ2n) is 5.86. The number of benzene rings is 1. The molecule has 1 fully saturated rings.